The standard InChI is InChI=1S/C14H14ClN3/c15-11-3-6-14(17-9-11)18-12-4-5-13-10(8-12)2-1-7-16-13/h3-6,8-9,16H,1-2,7H2,(H,17,18). The van der Waals surface area contributed by atoms with Crippen LogP contribution in [0.25, 0.3) is 0 Å². The predicted octanol–water partition coefficient (Wildman–Crippen LogP) is 3.84. The summed E-state index contributed by atoms with van der Waals surface area (Å²) in [5.74, 6) is 0.808. The van der Waals surface area contributed by atoms with Crippen molar-refractivity contribution in [2.45, 2.75) is 12.8 Å². The second kappa shape index (κ2) is 4.86. The van der Waals surface area contributed by atoms with Crippen molar-refractivity contribution in [2.75, 3.05) is 17.2 Å². The van der Waals surface area contributed by atoms with Gasteiger partial charge in [0.15, 0.2) is 0 Å². The second-order valence-electron chi connectivity index (χ2n) is 4.39. The molecule has 0 fully saturated rings. The van der Waals surface area contributed by atoms with Crippen molar-refractivity contribution in [3.05, 3.63) is 47.1 Å². The molecule has 2 aromatic rings. The number of nitrogens with zero attached hydrogens (tertiary/aromatic N) is 1. The van der Waals surface area contributed by atoms with E-state index in [1.54, 1.807) is 6.20 Å². The maximum atomic E-state index is 5.81. The van der Waals surface area contributed by atoms with Gasteiger partial charge in [-0.05, 0) is 48.7 Å². The molecule has 0 aliphatic carbocycles. The molecule has 3 nitrogen and oxygen atoms in total. The molecule has 18 heavy (non-hydrogen) atoms. The molecule has 0 unspecified atom stereocenters. The fraction of sp³-hybridized carbons (Fsp3) is 0.214. The van der Waals surface area contributed by atoms with Crippen molar-refractivity contribution >= 4 is 28.8 Å². The molecule has 2 heterocycles. The van der Waals surface area contributed by atoms with E-state index in [4.69, 9.17) is 11.6 Å². The molecule has 0 amide bonds. The zero-order valence-corrected chi connectivity index (χ0v) is 10.7. The monoisotopic (exact) mass is 259 g/mol. The Bertz CT molecular complexity index is 551. The molecule has 2 N–H and O–H groups in total. The minimum absolute atomic E-state index is 0.648. The van der Waals surface area contributed by atoms with Crippen molar-refractivity contribution < 1.29 is 0 Å². The Balaban J connectivity index is 1.82. The highest BCUT2D eigenvalue weighted by Crippen LogP contribution is 2.26. The van der Waals surface area contributed by atoms with E-state index in [0.29, 0.717) is 5.02 Å². The maximum absolute atomic E-state index is 5.81. The average molecular weight is 260 g/mol. The maximum Gasteiger partial charge on any atom is 0.130 e. The predicted molar refractivity (Wildman–Crippen MR) is 75.8 cm³/mol. The summed E-state index contributed by atoms with van der Waals surface area (Å²) in [5, 5.41) is 7.33. The van der Waals surface area contributed by atoms with Gasteiger partial charge in [-0.1, -0.05) is 11.6 Å². The van der Waals surface area contributed by atoms with Crippen molar-refractivity contribution in [2.24, 2.45) is 0 Å². The Kier molecular flexibility index (Phi) is 3.07. The van der Waals surface area contributed by atoms with E-state index in [1.807, 2.05) is 12.1 Å². The summed E-state index contributed by atoms with van der Waals surface area (Å²) in [6, 6.07) is 10.1. The number of fused-ring (bicyclic) bond motifs is 1. The van der Waals surface area contributed by atoms with Gasteiger partial charge in [-0.2, -0.15) is 0 Å². The summed E-state index contributed by atoms with van der Waals surface area (Å²) >= 11 is 5.81. The van der Waals surface area contributed by atoms with E-state index in [9.17, 15) is 0 Å². The molecule has 1 aromatic heterocycles. The number of aryl methyl sites for hydroxylation is 1. The first kappa shape index (κ1) is 11.4. The molecule has 4 heteroatoms. The van der Waals surface area contributed by atoms with Gasteiger partial charge < -0.3 is 10.6 Å². The molecule has 0 saturated carbocycles. The number of benzene rings is 1. The first-order chi connectivity index (χ1) is 8.81. The van der Waals surface area contributed by atoms with Crippen molar-refractivity contribution in [1.82, 2.24) is 4.98 Å². The molecular weight excluding hydrogens is 246 g/mol. The highest BCUT2D eigenvalue weighted by atomic mass is 35.5. The van der Waals surface area contributed by atoms with Crippen LogP contribution in [0.1, 0.15) is 12.0 Å². The summed E-state index contributed by atoms with van der Waals surface area (Å²) < 4.78 is 0. The van der Waals surface area contributed by atoms with E-state index in [0.717, 1.165) is 24.5 Å². The molecule has 3 rings (SSSR count). The number of hydrogen-bond donors (Lipinski definition) is 2. The van der Waals surface area contributed by atoms with E-state index >= 15 is 0 Å². The summed E-state index contributed by atoms with van der Waals surface area (Å²) in [4.78, 5) is 4.23. The van der Waals surface area contributed by atoms with Crippen LogP contribution < -0.4 is 10.6 Å². The zero-order chi connectivity index (χ0) is 12.4. The van der Waals surface area contributed by atoms with E-state index in [-0.39, 0.29) is 0 Å². The number of aromatic nitrogens is 1. The van der Waals surface area contributed by atoms with Gasteiger partial charge in [0, 0.05) is 24.1 Å². The van der Waals surface area contributed by atoms with Crippen LogP contribution in [0.4, 0.5) is 17.2 Å². The lowest BCUT2D eigenvalue weighted by Gasteiger charge is -2.18. The number of hydrogen-bond acceptors (Lipinski definition) is 3. The Hall–Kier alpha value is -1.74. The molecular formula is C14H14ClN3. The van der Waals surface area contributed by atoms with Crippen LogP contribution in [-0.2, 0) is 6.42 Å². The smallest absolute Gasteiger partial charge is 0.130 e. The Labute approximate surface area is 111 Å². The van der Waals surface area contributed by atoms with Gasteiger partial charge in [0.05, 0.1) is 5.02 Å². The summed E-state index contributed by atoms with van der Waals surface area (Å²) in [7, 11) is 0. The number of rotatable bonds is 2. The van der Waals surface area contributed by atoms with Crippen LogP contribution in [-0.4, -0.2) is 11.5 Å². The first-order valence-electron chi connectivity index (χ1n) is 6.07. The van der Waals surface area contributed by atoms with Crippen LogP contribution in [0.15, 0.2) is 36.5 Å². The van der Waals surface area contributed by atoms with Crippen molar-refractivity contribution in [3.8, 4) is 0 Å². The van der Waals surface area contributed by atoms with Crippen molar-refractivity contribution in [3.63, 3.8) is 0 Å². The Morgan fingerprint density at radius 1 is 1.22 bits per heavy atom. The van der Waals surface area contributed by atoms with Gasteiger partial charge in [-0.25, -0.2) is 4.98 Å². The fourth-order valence-electron chi connectivity index (χ4n) is 2.15. The number of halogens is 1. The lowest BCUT2D eigenvalue weighted by molar-refractivity contribution is 0.830. The minimum atomic E-state index is 0.648. The molecule has 1 aromatic carbocycles. The SMILES string of the molecule is Clc1ccc(Nc2ccc3c(c2)CCCN3)nc1. The Morgan fingerprint density at radius 3 is 3.00 bits per heavy atom. The van der Waals surface area contributed by atoms with E-state index in [2.05, 4.69) is 33.8 Å². The number of nitrogens with one attached hydrogen (secondary N) is 2. The quantitative estimate of drug-likeness (QED) is 0.861. The number of anilines is 3. The largest absolute Gasteiger partial charge is 0.385 e. The summed E-state index contributed by atoms with van der Waals surface area (Å²) in [5.41, 5.74) is 3.67. The average Bonchev–Trinajstić information content (AvgIpc) is 2.41. The van der Waals surface area contributed by atoms with Gasteiger partial charge in [-0.3, -0.25) is 0 Å². The van der Waals surface area contributed by atoms with Gasteiger partial charge in [0.25, 0.3) is 0 Å². The highest BCUT2D eigenvalue weighted by Gasteiger charge is 2.08. The minimum Gasteiger partial charge on any atom is -0.385 e. The molecule has 0 saturated heterocycles. The lowest BCUT2D eigenvalue weighted by atomic mass is 10.0. The summed E-state index contributed by atoms with van der Waals surface area (Å²) in [6.45, 7) is 1.07. The lowest BCUT2D eigenvalue weighted by Crippen LogP contribution is -2.11. The highest BCUT2D eigenvalue weighted by molar-refractivity contribution is 6.30. The normalized spacial score (nSPS) is 13.6. The van der Waals surface area contributed by atoms with Gasteiger partial charge >= 0.3 is 0 Å². The van der Waals surface area contributed by atoms with Crippen molar-refractivity contribution in [1.29, 1.82) is 0 Å². The molecule has 0 spiro atoms. The van der Waals surface area contributed by atoms with Crippen LogP contribution in [0, 0.1) is 0 Å². The van der Waals surface area contributed by atoms with Crippen LogP contribution in [0.3, 0.4) is 0 Å². The van der Waals surface area contributed by atoms with Gasteiger partial charge in [0.2, 0.25) is 0 Å². The topological polar surface area (TPSA) is 37.0 Å². The van der Waals surface area contributed by atoms with E-state index < -0.39 is 0 Å². The molecule has 0 atom stereocenters. The third-order valence-corrected chi connectivity index (χ3v) is 3.27. The number of pyridine rings is 1. The Morgan fingerprint density at radius 2 is 2.17 bits per heavy atom. The van der Waals surface area contributed by atoms with Gasteiger partial charge in [0.1, 0.15) is 5.82 Å². The third-order valence-electron chi connectivity index (χ3n) is 3.04. The third kappa shape index (κ3) is 2.41. The molecule has 92 valence electrons. The molecule has 0 bridgehead atoms. The first-order valence-corrected chi connectivity index (χ1v) is 6.44. The van der Waals surface area contributed by atoms with Crippen LogP contribution in [0.5, 0.6) is 0 Å². The second-order valence-corrected chi connectivity index (χ2v) is 4.83. The van der Waals surface area contributed by atoms with Crippen LogP contribution in [0.2, 0.25) is 5.02 Å². The summed E-state index contributed by atoms with van der Waals surface area (Å²) in [6.07, 6.45) is 3.96. The fourth-order valence-corrected chi connectivity index (χ4v) is 2.26. The zero-order valence-electron chi connectivity index (χ0n) is 9.91. The molecule has 1 aliphatic rings. The van der Waals surface area contributed by atoms with Gasteiger partial charge in [-0.15, -0.1) is 0 Å². The van der Waals surface area contributed by atoms with E-state index in [1.165, 1.54) is 17.7 Å². The molecule has 1 aliphatic heterocycles. The van der Waals surface area contributed by atoms with Crippen LogP contribution >= 0.6 is 11.6 Å². The molecule has 0 radical (unpaired) electrons.